The van der Waals surface area contributed by atoms with Gasteiger partial charge in [-0.1, -0.05) is 0 Å². The minimum atomic E-state index is -0.806. The molecule has 84 valence electrons. The summed E-state index contributed by atoms with van der Waals surface area (Å²) in [5, 5.41) is 0. The smallest absolute Gasteiger partial charge is 0.246 e. The van der Waals surface area contributed by atoms with Crippen molar-refractivity contribution in [1.29, 1.82) is 0 Å². The van der Waals surface area contributed by atoms with E-state index in [9.17, 15) is 14.4 Å². The third-order valence-electron chi connectivity index (χ3n) is 2.36. The number of imide groups is 1. The second kappa shape index (κ2) is 4.88. The van der Waals surface area contributed by atoms with Gasteiger partial charge in [-0.25, -0.2) is 0 Å². The van der Waals surface area contributed by atoms with Crippen molar-refractivity contribution in [2.24, 2.45) is 11.5 Å². The second-order valence-electron chi connectivity index (χ2n) is 3.60. The molecule has 6 nitrogen and oxygen atoms in total. The first kappa shape index (κ1) is 11.6. The number of nitrogens with two attached hydrogens (primary N) is 2. The van der Waals surface area contributed by atoms with E-state index in [0.29, 0.717) is 19.4 Å². The van der Waals surface area contributed by atoms with E-state index in [-0.39, 0.29) is 18.7 Å². The predicted octanol–water partition coefficient (Wildman–Crippen LogP) is -1.27. The van der Waals surface area contributed by atoms with Gasteiger partial charge >= 0.3 is 0 Å². The minimum absolute atomic E-state index is 0.0644. The molecule has 0 saturated carbocycles. The highest BCUT2D eigenvalue weighted by Gasteiger charge is 2.29. The monoisotopic (exact) mass is 213 g/mol. The quantitative estimate of drug-likeness (QED) is 0.607. The van der Waals surface area contributed by atoms with Gasteiger partial charge in [-0.2, -0.15) is 0 Å². The number of nitrogens with zero attached hydrogens (tertiary/aromatic N) is 1. The van der Waals surface area contributed by atoms with Crippen molar-refractivity contribution in [3.8, 4) is 0 Å². The van der Waals surface area contributed by atoms with E-state index in [1.165, 1.54) is 0 Å². The van der Waals surface area contributed by atoms with Crippen LogP contribution in [0.25, 0.3) is 0 Å². The molecule has 1 heterocycles. The van der Waals surface area contributed by atoms with Gasteiger partial charge in [-0.15, -0.1) is 0 Å². The highest BCUT2D eigenvalue weighted by Crippen LogP contribution is 2.11. The molecule has 0 spiro atoms. The van der Waals surface area contributed by atoms with Crippen molar-refractivity contribution in [2.45, 2.75) is 31.7 Å². The lowest BCUT2D eigenvalue weighted by atomic mass is 10.1. The lowest BCUT2D eigenvalue weighted by Gasteiger charge is -2.18. The van der Waals surface area contributed by atoms with Crippen molar-refractivity contribution >= 4 is 17.7 Å². The van der Waals surface area contributed by atoms with Crippen LogP contribution in [0.3, 0.4) is 0 Å². The molecular formula is C9H15N3O3. The highest BCUT2D eigenvalue weighted by atomic mass is 16.2. The maximum Gasteiger partial charge on any atom is 0.246 e. The maximum absolute atomic E-state index is 11.6. The molecule has 0 aromatic rings. The van der Waals surface area contributed by atoms with Crippen LogP contribution in [-0.2, 0) is 14.4 Å². The van der Waals surface area contributed by atoms with Crippen molar-refractivity contribution in [3.63, 3.8) is 0 Å². The Balaban J connectivity index is 2.45. The van der Waals surface area contributed by atoms with Gasteiger partial charge in [0.2, 0.25) is 17.7 Å². The number of hydrogen-bond donors (Lipinski definition) is 2. The van der Waals surface area contributed by atoms with Crippen LogP contribution in [0.4, 0.5) is 0 Å². The number of carbonyl (C=O) groups is 3. The number of amides is 3. The highest BCUT2D eigenvalue weighted by molar-refractivity contribution is 5.99. The Kier molecular flexibility index (Phi) is 3.79. The van der Waals surface area contributed by atoms with Gasteiger partial charge in [-0.3, -0.25) is 19.3 Å². The molecule has 6 heteroatoms. The third kappa shape index (κ3) is 3.02. The summed E-state index contributed by atoms with van der Waals surface area (Å²) in [5.41, 5.74) is 10.5. The minimum Gasteiger partial charge on any atom is -0.370 e. The average Bonchev–Trinajstić information content (AvgIpc) is 2.59. The Morgan fingerprint density at radius 2 is 2.13 bits per heavy atom. The van der Waals surface area contributed by atoms with Crippen LogP contribution in [-0.4, -0.2) is 35.2 Å². The second-order valence-corrected chi connectivity index (χ2v) is 3.60. The zero-order valence-corrected chi connectivity index (χ0v) is 8.44. The lowest BCUT2D eigenvalue weighted by molar-refractivity contribution is -0.142. The zero-order chi connectivity index (χ0) is 11.4. The Morgan fingerprint density at radius 3 is 2.60 bits per heavy atom. The Labute approximate surface area is 87.6 Å². The van der Waals surface area contributed by atoms with Gasteiger partial charge < -0.3 is 11.5 Å². The summed E-state index contributed by atoms with van der Waals surface area (Å²) < 4.78 is 0. The van der Waals surface area contributed by atoms with Gasteiger partial charge in [0.15, 0.2) is 0 Å². The predicted molar refractivity (Wildman–Crippen MR) is 52.4 cm³/mol. The van der Waals surface area contributed by atoms with Crippen molar-refractivity contribution < 1.29 is 14.4 Å². The van der Waals surface area contributed by atoms with Gasteiger partial charge in [0.25, 0.3) is 0 Å². The van der Waals surface area contributed by atoms with E-state index >= 15 is 0 Å². The molecule has 15 heavy (non-hydrogen) atoms. The van der Waals surface area contributed by atoms with E-state index in [4.69, 9.17) is 11.5 Å². The van der Waals surface area contributed by atoms with Gasteiger partial charge in [0.05, 0.1) is 6.04 Å². The summed E-state index contributed by atoms with van der Waals surface area (Å²) in [6, 6.07) is -0.806. The summed E-state index contributed by atoms with van der Waals surface area (Å²) in [6.07, 6.45) is 1.34. The summed E-state index contributed by atoms with van der Waals surface area (Å²) in [4.78, 5) is 34.5. The molecule has 0 aromatic heterocycles. The van der Waals surface area contributed by atoms with Crippen LogP contribution in [0.5, 0.6) is 0 Å². The maximum atomic E-state index is 11.6. The SMILES string of the molecule is NC(=O)CCC(N)C(=O)N1CCCC1=O. The molecule has 1 unspecified atom stereocenters. The molecule has 3 amide bonds. The van der Waals surface area contributed by atoms with E-state index in [2.05, 4.69) is 0 Å². The fourth-order valence-corrected chi connectivity index (χ4v) is 1.50. The summed E-state index contributed by atoms with van der Waals surface area (Å²) in [7, 11) is 0. The first-order valence-corrected chi connectivity index (χ1v) is 4.90. The first-order chi connectivity index (χ1) is 7.02. The summed E-state index contributed by atoms with van der Waals surface area (Å²) in [6.45, 7) is 0.432. The molecule has 1 saturated heterocycles. The zero-order valence-electron chi connectivity index (χ0n) is 8.44. The molecule has 0 aromatic carbocycles. The van der Waals surface area contributed by atoms with Gasteiger partial charge in [-0.05, 0) is 12.8 Å². The molecule has 0 radical (unpaired) electrons. The molecule has 1 atom stereocenters. The molecule has 4 N–H and O–H groups in total. The Bertz CT molecular complexity index is 290. The molecule has 1 rings (SSSR count). The number of primary amides is 1. The molecule has 0 aliphatic carbocycles. The standard InChI is InChI=1S/C9H15N3O3/c10-6(3-4-7(11)13)9(15)12-5-1-2-8(12)14/h6H,1-5,10H2,(H2,11,13). The van der Waals surface area contributed by atoms with Crippen LogP contribution in [0.1, 0.15) is 25.7 Å². The molecule has 1 aliphatic heterocycles. The van der Waals surface area contributed by atoms with Crippen LogP contribution in [0, 0.1) is 0 Å². The molecule has 1 fully saturated rings. The number of carbonyl (C=O) groups excluding carboxylic acids is 3. The first-order valence-electron chi connectivity index (χ1n) is 4.90. The fourth-order valence-electron chi connectivity index (χ4n) is 1.50. The fraction of sp³-hybridized carbons (Fsp3) is 0.667. The number of rotatable bonds is 4. The Morgan fingerprint density at radius 1 is 1.47 bits per heavy atom. The Hall–Kier alpha value is -1.43. The normalized spacial score (nSPS) is 17.9. The van der Waals surface area contributed by atoms with Crippen molar-refractivity contribution in [1.82, 2.24) is 4.90 Å². The summed E-state index contributed by atoms with van der Waals surface area (Å²) in [5.74, 6) is -1.08. The van der Waals surface area contributed by atoms with Crippen LogP contribution in [0.15, 0.2) is 0 Å². The number of likely N-dealkylation sites (tertiary alicyclic amines) is 1. The largest absolute Gasteiger partial charge is 0.370 e. The third-order valence-corrected chi connectivity index (χ3v) is 2.36. The lowest BCUT2D eigenvalue weighted by Crippen LogP contribution is -2.44. The van der Waals surface area contributed by atoms with Crippen molar-refractivity contribution in [2.75, 3.05) is 6.54 Å². The molecule has 0 bridgehead atoms. The molecular weight excluding hydrogens is 198 g/mol. The van der Waals surface area contributed by atoms with Gasteiger partial charge in [0, 0.05) is 19.4 Å². The summed E-state index contributed by atoms with van der Waals surface area (Å²) >= 11 is 0. The van der Waals surface area contributed by atoms with E-state index < -0.39 is 17.9 Å². The topological polar surface area (TPSA) is 106 Å². The van der Waals surface area contributed by atoms with E-state index in [1.54, 1.807) is 0 Å². The number of hydrogen-bond acceptors (Lipinski definition) is 4. The van der Waals surface area contributed by atoms with Crippen molar-refractivity contribution in [3.05, 3.63) is 0 Å². The van der Waals surface area contributed by atoms with Gasteiger partial charge in [0.1, 0.15) is 0 Å². The van der Waals surface area contributed by atoms with Crippen LogP contribution < -0.4 is 11.5 Å². The van der Waals surface area contributed by atoms with E-state index in [0.717, 1.165) is 4.90 Å². The molecule has 1 aliphatic rings. The average molecular weight is 213 g/mol. The van der Waals surface area contributed by atoms with Crippen LogP contribution in [0.2, 0.25) is 0 Å². The van der Waals surface area contributed by atoms with E-state index in [1.807, 2.05) is 0 Å². The van der Waals surface area contributed by atoms with Crippen LogP contribution >= 0.6 is 0 Å².